The third-order valence-electron chi connectivity index (χ3n) is 5.55. The van der Waals surface area contributed by atoms with Gasteiger partial charge >= 0.3 is 11.9 Å². The summed E-state index contributed by atoms with van der Waals surface area (Å²) in [6, 6.07) is 25.6. The number of thioether (sulfide) groups is 1. The molecule has 3 aromatic rings. The van der Waals surface area contributed by atoms with Gasteiger partial charge in [0.1, 0.15) is 6.61 Å². The Morgan fingerprint density at radius 1 is 0.941 bits per heavy atom. The minimum absolute atomic E-state index is 0.0493. The van der Waals surface area contributed by atoms with Gasteiger partial charge in [-0.2, -0.15) is 0 Å². The number of anilines is 2. The van der Waals surface area contributed by atoms with Crippen LogP contribution in [0.5, 0.6) is 0 Å². The summed E-state index contributed by atoms with van der Waals surface area (Å²) in [5.41, 5.74) is 2.64. The molecule has 3 aromatic carbocycles. The van der Waals surface area contributed by atoms with Crippen LogP contribution in [0.3, 0.4) is 0 Å². The first-order valence-corrected chi connectivity index (χ1v) is 11.6. The molecule has 0 aromatic heterocycles. The van der Waals surface area contributed by atoms with Crippen molar-refractivity contribution in [1.29, 1.82) is 0 Å². The Morgan fingerprint density at radius 2 is 1.56 bits per heavy atom. The van der Waals surface area contributed by atoms with Gasteiger partial charge in [0.25, 0.3) is 5.91 Å². The van der Waals surface area contributed by atoms with Gasteiger partial charge in [0.15, 0.2) is 4.75 Å². The molecular formula is C27H23NO5S. The van der Waals surface area contributed by atoms with Crippen LogP contribution in [0.15, 0.2) is 97.1 Å². The Bertz CT molecular complexity index is 1230. The van der Waals surface area contributed by atoms with Crippen molar-refractivity contribution in [3.05, 3.63) is 108 Å². The van der Waals surface area contributed by atoms with Crippen LogP contribution in [0.2, 0.25) is 0 Å². The number of fused-ring (bicyclic) bond motifs is 1. The third-order valence-corrected chi connectivity index (χ3v) is 7.00. The van der Waals surface area contributed by atoms with E-state index in [1.54, 1.807) is 23.1 Å². The van der Waals surface area contributed by atoms with Gasteiger partial charge in [0.2, 0.25) is 0 Å². The number of methoxy groups -OCH3 is 1. The summed E-state index contributed by atoms with van der Waals surface area (Å²) in [5, 5.41) is 0. The second-order valence-electron chi connectivity index (χ2n) is 7.58. The average Bonchev–Trinajstić information content (AvgIpc) is 3.14. The maximum atomic E-state index is 14.0. The maximum absolute atomic E-state index is 14.0. The molecule has 0 aliphatic carbocycles. The van der Waals surface area contributed by atoms with Crippen molar-refractivity contribution >= 4 is 41.0 Å². The monoisotopic (exact) mass is 473 g/mol. The smallest absolute Gasteiger partial charge is 0.335 e. The molecule has 0 N–H and O–H groups in total. The Hall–Kier alpha value is -3.84. The van der Waals surface area contributed by atoms with Crippen molar-refractivity contribution in [2.24, 2.45) is 0 Å². The van der Waals surface area contributed by atoms with Gasteiger partial charge in [-0.15, -0.1) is 11.8 Å². The molecule has 0 bridgehead atoms. The van der Waals surface area contributed by atoms with E-state index in [2.05, 4.69) is 6.58 Å². The zero-order valence-corrected chi connectivity index (χ0v) is 19.4. The second kappa shape index (κ2) is 9.97. The third kappa shape index (κ3) is 4.22. The molecule has 1 unspecified atom stereocenters. The summed E-state index contributed by atoms with van der Waals surface area (Å²) in [6.07, 6.45) is 0. The fraction of sp³-hybridized carbons (Fsp3) is 0.148. The first kappa shape index (κ1) is 23.3. The van der Waals surface area contributed by atoms with Crippen molar-refractivity contribution in [2.75, 3.05) is 17.8 Å². The molecule has 0 fully saturated rings. The lowest BCUT2D eigenvalue weighted by atomic mass is 9.92. The molecule has 1 aliphatic heterocycles. The fourth-order valence-corrected chi connectivity index (χ4v) is 5.13. The first-order chi connectivity index (χ1) is 16.5. The summed E-state index contributed by atoms with van der Waals surface area (Å²) < 4.78 is 8.79. The van der Waals surface area contributed by atoms with E-state index in [1.165, 1.54) is 7.11 Å². The average molecular weight is 474 g/mol. The maximum Gasteiger partial charge on any atom is 0.335 e. The predicted octanol–water partition coefficient (Wildman–Crippen LogP) is 4.77. The molecule has 1 aliphatic rings. The van der Waals surface area contributed by atoms with E-state index in [0.29, 0.717) is 16.9 Å². The van der Waals surface area contributed by atoms with Crippen molar-refractivity contribution in [3.63, 3.8) is 0 Å². The van der Waals surface area contributed by atoms with Gasteiger partial charge < -0.3 is 9.47 Å². The minimum atomic E-state index is -1.54. The highest BCUT2D eigenvalue weighted by Crippen LogP contribution is 2.55. The predicted molar refractivity (Wildman–Crippen MR) is 132 cm³/mol. The SMILES string of the molecule is C=C(C(=O)OC)C1(SCC(=O)OCc2ccccc2)C(=O)N(c2ccccc2)c2ccccc21. The van der Waals surface area contributed by atoms with E-state index in [0.717, 1.165) is 17.3 Å². The molecule has 0 saturated carbocycles. The summed E-state index contributed by atoms with van der Waals surface area (Å²) >= 11 is 1.01. The van der Waals surface area contributed by atoms with Crippen molar-refractivity contribution < 1.29 is 23.9 Å². The largest absolute Gasteiger partial charge is 0.466 e. The molecule has 6 nitrogen and oxygen atoms in total. The number of amides is 1. The number of nitrogens with zero attached hydrogens (tertiary/aromatic N) is 1. The normalized spacial score (nSPS) is 16.6. The molecule has 1 amide bonds. The number of esters is 2. The van der Waals surface area contributed by atoms with Crippen LogP contribution in [-0.4, -0.2) is 30.7 Å². The standard InChI is InChI=1S/C27H23NO5S/c1-19(25(30)32-2)27(34-18-24(29)33-17-20-11-5-3-6-12-20)22-15-9-10-16-23(22)28(26(27)31)21-13-7-4-8-14-21/h3-16H,1,17-18H2,2H3. The van der Waals surface area contributed by atoms with Crippen molar-refractivity contribution in [1.82, 2.24) is 0 Å². The van der Waals surface area contributed by atoms with Crippen LogP contribution in [0.4, 0.5) is 11.4 Å². The number of carbonyl (C=O) groups excluding carboxylic acids is 3. The van der Waals surface area contributed by atoms with E-state index in [9.17, 15) is 14.4 Å². The molecule has 0 saturated heterocycles. The Morgan fingerprint density at radius 3 is 2.24 bits per heavy atom. The minimum Gasteiger partial charge on any atom is -0.466 e. The molecule has 172 valence electrons. The van der Waals surface area contributed by atoms with Gasteiger partial charge in [0.05, 0.1) is 24.1 Å². The van der Waals surface area contributed by atoms with Gasteiger partial charge in [-0.25, -0.2) is 4.79 Å². The van der Waals surface area contributed by atoms with Crippen LogP contribution in [0, 0.1) is 0 Å². The number of rotatable bonds is 8. The van der Waals surface area contributed by atoms with Gasteiger partial charge in [-0.05, 0) is 23.8 Å². The Kier molecular flexibility index (Phi) is 6.84. The second-order valence-corrected chi connectivity index (χ2v) is 8.77. The number of ether oxygens (including phenoxy) is 2. The highest BCUT2D eigenvalue weighted by Gasteiger charge is 2.56. The fourth-order valence-electron chi connectivity index (χ4n) is 3.91. The first-order valence-electron chi connectivity index (χ1n) is 10.6. The quantitative estimate of drug-likeness (QED) is 0.347. The summed E-state index contributed by atoms with van der Waals surface area (Å²) in [5.74, 6) is -1.78. The van der Waals surface area contributed by atoms with Gasteiger partial charge in [0, 0.05) is 11.3 Å². The number of benzene rings is 3. The van der Waals surface area contributed by atoms with Crippen LogP contribution in [0.25, 0.3) is 0 Å². The van der Waals surface area contributed by atoms with E-state index in [1.807, 2.05) is 66.7 Å². The van der Waals surface area contributed by atoms with E-state index in [-0.39, 0.29) is 17.9 Å². The Balaban J connectivity index is 1.68. The molecule has 0 spiro atoms. The lowest BCUT2D eigenvalue weighted by Gasteiger charge is -2.29. The molecule has 1 heterocycles. The highest BCUT2D eigenvalue weighted by atomic mass is 32.2. The van der Waals surface area contributed by atoms with Gasteiger partial charge in [-0.3, -0.25) is 14.5 Å². The van der Waals surface area contributed by atoms with E-state index in [4.69, 9.17) is 9.47 Å². The van der Waals surface area contributed by atoms with E-state index < -0.39 is 22.6 Å². The number of para-hydroxylation sites is 2. The van der Waals surface area contributed by atoms with Gasteiger partial charge in [-0.1, -0.05) is 73.3 Å². The van der Waals surface area contributed by atoms with Crippen LogP contribution in [0.1, 0.15) is 11.1 Å². The highest BCUT2D eigenvalue weighted by molar-refractivity contribution is 8.01. The lowest BCUT2D eigenvalue weighted by Crippen LogP contribution is -2.40. The summed E-state index contributed by atoms with van der Waals surface area (Å²) in [4.78, 5) is 40.8. The van der Waals surface area contributed by atoms with E-state index >= 15 is 0 Å². The topological polar surface area (TPSA) is 72.9 Å². The molecule has 34 heavy (non-hydrogen) atoms. The zero-order chi connectivity index (χ0) is 24.1. The van der Waals surface area contributed by atoms with Crippen LogP contribution < -0.4 is 4.90 Å². The van der Waals surface area contributed by atoms with Crippen molar-refractivity contribution in [2.45, 2.75) is 11.4 Å². The summed E-state index contributed by atoms with van der Waals surface area (Å²) in [6.45, 7) is 4.05. The Labute approximate surface area is 202 Å². The number of hydrogen-bond donors (Lipinski definition) is 0. The van der Waals surface area contributed by atoms with Crippen LogP contribution in [-0.2, 0) is 35.2 Å². The lowest BCUT2D eigenvalue weighted by molar-refractivity contribution is -0.141. The van der Waals surface area contributed by atoms with Crippen molar-refractivity contribution in [3.8, 4) is 0 Å². The molecule has 4 rings (SSSR count). The molecule has 0 radical (unpaired) electrons. The number of hydrogen-bond acceptors (Lipinski definition) is 6. The summed E-state index contributed by atoms with van der Waals surface area (Å²) in [7, 11) is 1.24. The molecule has 1 atom stereocenters. The van der Waals surface area contributed by atoms with Crippen LogP contribution >= 0.6 is 11.8 Å². The molecular weight excluding hydrogens is 450 g/mol. The molecule has 7 heteroatoms. The number of carbonyl (C=O) groups is 3. The zero-order valence-electron chi connectivity index (χ0n) is 18.6.